The second kappa shape index (κ2) is 8.97. The first-order valence-electron chi connectivity index (χ1n) is 8.70. The fourth-order valence-corrected chi connectivity index (χ4v) is 2.90. The van der Waals surface area contributed by atoms with Gasteiger partial charge in [0.05, 0.1) is 17.7 Å². The van der Waals surface area contributed by atoms with Crippen molar-refractivity contribution in [1.29, 1.82) is 0 Å². The Labute approximate surface area is 154 Å². The number of para-hydroxylation sites is 1. The van der Waals surface area contributed by atoms with Crippen molar-refractivity contribution in [3.05, 3.63) is 53.6 Å². The molecule has 1 saturated heterocycles. The van der Waals surface area contributed by atoms with Crippen molar-refractivity contribution in [1.82, 2.24) is 0 Å². The van der Waals surface area contributed by atoms with Gasteiger partial charge in [-0.3, -0.25) is 0 Å². The highest BCUT2D eigenvalue weighted by Gasteiger charge is 2.16. The predicted molar refractivity (Wildman–Crippen MR) is 101 cm³/mol. The summed E-state index contributed by atoms with van der Waals surface area (Å²) in [5.41, 5.74) is 0.999. The van der Waals surface area contributed by atoms with Crippen LogP contribution in [0.25, 0.3) is 0 Å². The molecule has 0 spiro atoms. The van der Waals surface area contributed by atoms with Crippen LogP contribution in [0.4, 0.5) is 5.69 Å². The number of anilines is 1. The van der Waals surface area contributed by atoms with Gasteiger partial charge in [-0.2, -0.15) is 0 Å². The zero-order valence-electron chi connectivity index (χ0n) is 14.4. The van der Waals surface area contributed by atoms with E-state index in [1.54, 1.807) is 0 Å². The van der Waals surface area contributed by atoms with E-state index in [1.807, 2.05) is 55.5 Å². The predicted octanol–water partition coefficient (Wildman–Crippen LogP) is 4.78. The molecule has 2 aromatic rings. The van der Waals surface area contributed by atoms with Gasteiger partial charge in [0.2, 0.25) is 0 Å². The maximum Gasteiger partial charge on any atom is 0.138 e. The van der Waals surface area contributed by atoms with E-state index >= 15 is 0 Å². The van der Waals surface area contributed by atoms with E-state index in [9.17, 15) is 0 Å². The third-order valence-electron chi connectivity index (χ3n) is 4.05. The molecule has 1 aliphatic rings. The minimum absolute atomic E-state index is 0.0173. The molecule has 0 amide bonds. The Kier molecular flexibility index (Phi) is 6.42. The minimum atomic E-state index is -0.0173. The lowest BCUT2D eigenvalue weighted by atomic mass is 10.2. The van der Waals surface area contributed by atoms with Crippen LogP contribution >= 0.6 is 11.6 Å². The molecule has 0 bridgehead atoms. The van der Waals surface area contributed by atoms with Gasteiger partial charge in [-0.25, -0.2) is 0 Å². The van der Waals surface area contributed by atoms with Gasteiger partial charge in [-0.05, 0) is 44.0 Å². The molecule has 0 aromatic heterocycles. The van der Waals surface area contributed by atoms with Crippen molar-refractivity contribution in [2.24, 2.45) is 0 Å². The van der Waals surface area contributed by atoms with Gasteiger partial charge in [0.15, 0.2) is 0 Å². The number of hydrogen-bond acceptors (Lipinski definition) is 4. The lowest BCUT2D eigenvalue weighted by molar-refractivity contribution is 0.0680. The first-order valence-corrected chi connectivity index (χ1v) is 9.08. The van der Waals surface area contributed by atoms with E-state index in [4.69, 9.17) is 25.8 Å². The third kappa shape index (κ3) is 5.55. The van der Waals surface area contributed by atoms with Crippen LogP contribution in [-0.4, -0.2) is 32.0 Å². The first-order chi connectivity index (χ1) is 12.2. The lowest BCUT2D eigenvalue weighted by Crippen LogP contribution is -2.22. The average molecular weight is 362 g/mol. The van der Waals surface area contributed by atoms with Gasteiger partial charge in [-0.15, -0.1) is 0 Å². The highest BCUT2D eigenvalue weighted by Crippen LogP contribution is 2.24. The van der Waals surface area contributed by atoms with E-state index in [1.165, 1.54) is 0 Å². The van der Waals surface area contributed by atoms with E-state index in [2.05, 4.69) is 5.32 Å². The number of nitrogens with one attached hydrogen (secondary N) is 1. The maximum atomic E-state index is 6.12. The van der Waals surface area contributed by atoms with Crippen LogP contribution in [0.5, 0.6) is 11.5 Å². The van der Waals surface area contributed by atoms with Gasteiger partial charge in [0.1, 0.15) is 24.2 Å². The van der Waals surface area contributed by atoms with E-state index in [0.717, 1.165) is 30.9 Å². The monoisotopic (exact) mass is 361 g/mol. The fourth-order valence-electron chi connectivity index (χ4n) is 2.72. The Hall–Kier alpha value is -1.91. The zero-order valence-corrected chi connectivity index (χ0v) is 15.2. The quantitative estimate of drug-likeness (QED) is 0.734. The summed E-state index contributed by atoms with van der Waals surface area (Å²) in [6.45, 7) is 4.13. The molecule has 4 nitrogen and oxygen atoms in total. The maximum absolute atomic E-state index is 6.12. The summed E-state index contributed by atoms with van der Waals surface area (Å²) in [6, 6.07) is 15.5. The van der Waals surface area contributed by atoms with Crippen molar-refractivity contribution in [2.45, 2.75) is 32.0 Å². The third-order valence-corrected chi connectivity index (χ3v) is 4.36. The van der Waals surface area contributed by atoms with Crippen molar-refractivity contribution >= 4 is 17.3 Å². The van der Waals surface area contributed by atoms with E-state index < -0.39 is 0 Å². The molecule has 1 heterocycles. The number of hydrogen-bond donors (Lipinski definition) is 1. The molecular formula is C20H24ClNO3. The summed E-state index contributed by atoms with van der Waals surface area (Å²) in [6.07, 6.45) is 2.41. The molecule has 0 aliphatic carbocycles. The smallest absolute Gasteiger partial charge is 0.138 e. The van der Waals surface area contributed by atoms with Crippen molar-refractivity contribution in [3.63, 3.8) is 0 Å². The lowest BCUT2D eigenvalue weighted by Gasteiger charge is -2.17. The van der Waals surface area contributed by atoms with Gasteiger partial charge >= 0.3 is 0 Å². The summed E-state index contributed by atoms with van der Waals surface area (Å²) in [4.78, 5) is 0. The summed E-state index contributed by atoms with van der Waals surface area (Å²) in [5.74, 6) is 1.55. The molecule has 2 aromatic carbocycles. The molecule has 25 heavy (non-hydrogen) atoms. The normalized spacial score (nSPS) is 17.9. The van der Waals surface area contributed by atoms with Gasteiger partial charge in [0, 0.05) is 18.4 Å². The molecular weight excluding hydrogens is 338 g/mol. The molecule has 0 saturated carbocycles. The van der Waals surface area contributed by atoms with Crippen molar-refractivity contribution < 1.29 is 14.2 Å². The Morgan fingerprint density at radius 3 is 2.92 bits per heavy atom. The largest absolute Gasteiger partial charge is 0.491 e. The molecule has 3 rings (SSSR count). The Balaban J connectivity index is 1.47. The molecule has 1 aliphatic heterocycles. The highest BCUT2D eigenvalue weighted by molar-refractivity contribution is 6.32. The highest BCUT2D eigenvalue weighted by atomic mass is 35.5. The van der Waals surface area contributed by atoms with Gasteiger partial charge in [-0.1, -0.05) is 29.8 Å². The Morgan fingerprint density at radius 2 is 2.12 bits per heavy atom. The van der Waals surface area contributed by atoms with Crippen molar-refractivity contribution in [3.8, 4) is 11.5 Å². The molecule has 5 heteroatoms. The van der Waals surface area contributed by atoms with Crippen molar-refractivity contribution in [2.75, 3.05) is 25.1 Å². The second-order valence-electron chi connectivity index (χ2n) is 6.21. The van der Waals surface area contributed by atoms with Crippen LogP contribution in [0.1, 0.15) is 19.8 Å². The average Bonchev–Trinajstić information content (AvgIpc) is 3.14. The van der Waals surface area contributed by atoms with Crippen LogP contribution in [-0.2, 0) is 4.74 Å². The Bertz CT molecular complexity index is 673. The molecule has 1 fully saturated rings. The second-order valence-corrected chi connectivity index (χ2v) is 6.62. The number of halogens is 1. The van der Waals surface area contributed by atoms with Crippen LogP contribution in [0.15, 0.2) is 48.5 Å². The van der Waals surface area contributed by atoms with E-state index in [-0.39, 0.29) is 12.2 Å². The summed E-state index contributed by atoms with van der Waals surface area (Å²) < 4.78 is 17.3. The molecule has 2 atom stereocenters. The van der Waals surface area contributed by atoms with Crippen LogP contribution in [0.3, 0.4) is 0 Å². The summed E-state index contributed by atoms with van der Waals surface area (Å²) >= 11 is 6.12. The minimum Gasteiger partial charge on any atom is -0.491 e. The topological polar surface area (TPSA) is 39.7 Å². The molecule has 134 valence electrons. The summed E-state index contributed by atoms with van der Waals surface area (Å²) in [7, 11) is 0. The molecule has 1 N–H and O–H groups in total. The van der Waals surface area contributed by atoms with E-state index in [0.29, 0.717) is 23.9 Å². The molecule has 2 unspecified atom stereocenters. The van der Waals surface area contributed by atoms with Gasteiger partial charge < -0.3 is 19.5 Å². The summed E-state index contributed by atoms with van der Waals surface area (Å²) in [5, 5.41) is 4.00. The van der Waals surface area contributed by atoms with Crippen LogP contribution in [0, 0.1) is 0 Å². The molecule has 0 radical (unpaired) electrons. The fraction of sp³-hybridized carbons (Fsp3) is 0.400. The number of benzene rings is 2. The number of ether oxygens (including phenoxy) is 3. The van der Waals surface area contributed by atoms with Crippen LogP contribution < -0.4 is 14.8 Å². The SMILES string of the molecule is CC(CNc1cccc(OCC2CCCO2)c1)Oc1ccccc1Cl. The standard InChI is InChI=1S/C20H24ClNO3/c1-15(25-20-10-3-2-9-19(20)21)13-22-16-6-4-7-17(12-16)24-14-18-8-5-11-23-18/h2-4,6-7,9-10,12,15,18,22H,5,8,11,13-14H2,1H3. The first kappa shape index (κ1) is 17.9. The number of rotatable bonds is 8. The van der Waals surface area contributed by atoms with Gasteiger partial charge in [0.25, 0.3) is 0 Å². The Morgan fingerprint density at radius 1 is 1.24 bits per heavy atom. The zero-order chi connectivity index (χ0) is 17.5. The van der Waals surface area contributed by atoms with Crippen LogP contribution in [0.2, 0.25) is 5.02 Å².